The van der Waals surface area contributed by atoms with Crippen LogP contribution in [-0.2, 0) is 11.2 Å². The summed E-state index contributed by atoms with van der Waals surface area (Å²) in [5, 5.41) is 0. The summed E-state index contributed by atoms with van der Waals surface area (Å²) in [7, 11) is 1.73. The van der Waals surface area contributed by atoms with E-state index in [4.69, 9.17) is 9.47 Å². The number of rotatable bonds is 9. The Labute approximate surface area is 116 Å². The summed E-state index contributed by atoms with van der Waals surface area (Å²) in [6.07, 6.45) is 3.31. The molecule has 3 heteroatoms. The second-order valence-corrected chi connectivity index (χ2v) is 4.90. The molecule has 0 N–H and O–H groups in total. The molecule has 1 aromatic carbocycles. The minimum Gasteiger partial charge on any atom is -0.493 e. The van der Waals surface area contributed by atoms with Gasteiger partial charge in [-0.05, 0) is 36.3 Å². The van der Waals surface area contributed by atoms with Crippen molar-refractivity contribution < 1.29 is 9.47 Å². The zero-order valence-electron chi connectivity index (χ0n) is 11.4. The lowest BCUT2D eigenvalue weighted by Crippen LogP contribution is -2.13. The second kappa shape index (κ2) is 9.29. The van der Waals surface area contributed by atoms with E-state index >= 15 is 0 Å². The Bertz CT molecular complexity index is 311. The van der Waals surface area contributed by atoms with Crippen LogP contribution >= 0.6 is 12.6 Å². The molecule has 0 aliphatic carbocycles. The lowest BCUT2D eigenvalue weighted by atomic mass is 10.1. The molecular formula is C15H24O2S. The number of thiol groups is 1. The van der Waals surface area contributed by atoms with E-state index in [-0.39, 0.29) is 0 Å². The number of benzene rings is 1. The third-order valence-corrected chi connectivity index (χ3v) is 3.48. The zero-order valence-corrected chi connectivity index (χ0v) is 12.3. The molecule has 0 amide bonds. The SMILES string of the molecule is CCCC(CS)COc1ccc(CCOC)cc1. The molecule has 0 aliphatic rings. The van der Waals surface area contributed by atoms with Gasteiger partial charge in [0, 0.05) is 13.0 Å². The molecule has 102 valence electrons. The van der Waals surface area contributed by atoms with Crippen LogP contribution in [-0.4, -0.2) is 26.1 Å². The van der Waals surface area contributed by atoms with Gasteiger partial charge in [0.1, 0.15) is 5.75 Å². The Hall–Kier alpha value is -0.670. The van der Waals surface area contributed by atoms with Gasteiger partial charge in [-0.1, -0.05) is 25.5 Å². The van der Waals surface area contributed by atoms with Crippen molar-refractivity contribution in [2.24, 2.45) is 5.92 Å². The largest absolute Gasteiger partial charge is 0.493 e. The molecule has 0 spiro atoms. The molecule has 18 heavy (non-hydrogen) atoms. The molecule has 0 heterocycles. The fourth-order valence-corrected chi connectivity index (χ4v) is 2.11. The fourth-order valence-electron chi connectivity index (χ4n) is 1.82. The van der Waals surface area contributed by atoms with Crippen LogP contribution in [0.25, 0.3) is 0 Å². The molecule has 1 aromatic rings. The molecule has 0 aromatic heterocycles. The molecule has 1 rings (SSSR count). The standard InChI is InChI=1S/C15H24O2S/c1-3-4-14(12-18)11-17-15-7-5-13(6-8-15)9-10-16-2/h5-8,14,18H,3-4,9-12H2,1-2H3. The van der Waals surface area contributed by atoms with Crippen LogP contribution in [0.3, 0.4) is 0 Å². The highest BCUT2D eigenvalue weighted by molar-refractivity contribution is 7.80. The highest BCUT2D eigenvalue weighted by atomic mass is 32.1. The van der Waals surface area contributed by atoms with Crippen LogP contribution < -0.4 is 4.74 Å². The maximum absolute atomic E-state index is 5.79. The summed E-state index contributed by atoms with van der Waals surface area (Å²) in [5.41, 5.74) is 1.28. The first-order valence-corrected chi connectivity index (χ1v) is 7.25. The van der Waals surface area contributed by atoms with E-state index in [0.29, 0.717) is 5.92 Å². The molecule has 0 saturated heterocycles. The van der Waals surface area contributed by atoms with Crippen molar-refractivity contribution in [3.8, 4) is 5.75 Å². The first-order valence-electron chi connectivity index (χ1n) is 6.61. The van der Waals surface area contributed by atoms with Gasteiger partial charge in [-0.15, -0.1) is 0 Å². The van der Waals surface area contributed by atoms with Crippen molar-refractivity contribution >= 4 is 12.6 Å². The molecule has 0 fully saturated rings. The van der Waals surface area contributed by atoms with E-state index in [1.807, 2.05) is 12.1 Å². The van der Waals surface area contributed by atoms with Gasteiger partial charge >= 0.3 is 0 Å². The van der Waals surface area contributed by atoms with Gasteiger partial charge in [0.15, 0.2) is 0 Å². The van der Waals surface area contributed by atoms with Crippen LogP contribution in [0, 0.1) is 5.92 Å². The minimum atomic E-state index is 0.548. The van der Waals surface area contributed by atoms with E-state index in [1.54, 1.807) is 7.11 Å². The van der Waals surface area contributed by atoms with E-state index in [1.165, 1.54) is 18.4 Å². The van der Waals surface area contributed by atoms with Crippen molar-refractivity contribution in [1.29, 1.82) is 0 Å². The predicted molar refractivity (Wildman–Crippen MR) is 79.8 cm³/mol. The summed E-state index contributed by atoms with van der Waals surface area (Å²) in [4.78, 5) is 0. The summed E-state index contributed by atoms with van der Waals surface area (Å²) in [5.74, 6) is 2.38. The monoisotopic (exact) mass is 268 g/mol. The molecule has 0 aliphatic heterocycles. The van der Waals surface area contributed by atoms with E-state index in [9.17, 15) is 0 Å². The molecule has 1 unspecified atom stereocenters. The highest BCUT2D eigenvalue weighted by Crippen LogP contribution is 2.16. The summed E-state index contributed by atoms with van der Waals surface area (Å²) < 4.78 is 10.8. The van der Waals surface area contributed by atoms with E-state index in [0.717, 1.165) is 31.1 Å². The van der Waals surface area contributed by atoms with Crippen molar-refractivity contribution in [3.05, 3.63) is 29.8 Å². The lowest BCUT2D eigenvalue weighted by molar-refractivity contribution is 0.202. The maximum Gasteiger partial charge on any atom is 0.119 e. The third-order valence-electron chi connectivity index (χ3n) is 2.96. The second-order valence-electron chi connectivity index (χ2n) is 4.54. The Morgan fingerprint density at radius 1 is 1.22 bits per heavy atom. The summed E-state index contributed by atoms with van der Waals surface area (Å²) in [6.45, 7) is 3.72. The van der Waals surface area contributed by atoms with Crippen LogP contribution in [0.1, 0.15) is 25.3 Å². The Morgan fingerprint density at radius 2 is 1.94 bits per heavy atom. The van der Waals surface area contributed by atoms with E-state index < -0.39 is 0 Å². The molecule has 2 nitrogen and oxygen atoms in total. The Balaban J connectivity index is 2.38. The average molecular weight is 268 g/mol. The average Bonchev–Trinajstić information content (AvgIpc) is 2.42. The van der Waals surface area contributed by atoms with Gasteiger partial charge in [0.05, 0.1) is 13.2 Å². The van der Waals surface area contributed by atoms with Crippen LogP contribution in [0.2, 0.25) is 0 Å². The third kappa shape index (κ3) is 5.78. The first kappa shape index (κ1) is 15.4. The maximum atomic E-state index is 5.79. The van der Waals surface area contributed by atoms with Crippen molar-refractivity contribution in [3.63, 3.8) is 0 Å². The lowest BCUT2D eigenvalue weighted by Gasteiger charge is -2.14. The zero-order chi connectivity index (χ0) is 13.2. The minimum absolute atomic E-state index is 0.548. The first-order chi connectivity index (χ1) is 8.80. The highest BCUT2D eigenvalue weighted by Gasteiger charge is 2.06. The van der Waals surface area contributed by atoms with Gasteiger partial charge in [0.2, 0.25) is 0 Å². The van der Waals surface area contributed by atoms with Gasteiger partial charge in [-0.2, -0.15) is 12.6 Å². The molecule has 0 radical (unpaired) electrons. The normalized spacial score (nSPS) is 12.4. The molecule has 1 atom stereocenters. The van der Waals surface area contributed by atoms with Gasteiger partial charge in [0.25, 0.3) is 0 Å². The van der Waals surface area contributed by atoms with Gasteiger partial charge in [-0.3, -0.25) is 0 Å². The number of methoxy groups -OCH3 is 1. The van der Waals surface area contributed by atoms with Gasteiger partial charge < -0.3 is 9.47 Å². The Kier molecular flexibility index (Phi) is 7.94. The topological polar surface area (TPSA) is 18.5 Å². The molecule has 0 saturated carbocycles. The van der Waals surface area contributed by atoms with Crippen molar-refractivity contribution in [1.82, 2.24) is 0 Å². The molecule has 0 bridgehead atoms. The summed E-state index contributed by atoms with van der Waals surface area (Å²) >= 11 is 4.36. The van der Waals surface area contributed by atoms with E-state index in [2.05, 4.69) is 31.7 Å². The van der Waals surface area contributed by atoms with Crippen molar-refractivity contribution in [2.45, 2.75) is 26.2 Å². The van der Waals surface area contributed by atoms with Crippen molar-refractivity contribution in [2.75, 3.05) is 26.1 Å². The Morgan fingerprint density at radius 3 is 2.50 bits per heavy atom. The fraction of sp³-hybridized carbons (Fsp3) is 0.600. The number of hydrogen-bond acceptors (Lipinski definition) is 3. The van der Waals surface area contributed by atoms with Crippen LogP contribution in [0.4, 0.5) is 0 Å². The van der Waals surface area contributed by atoms with Crippen LogP contribution in [0.5, 0.6) is 5.75 Å². The quantitative estimate of drug-likeness (QED) is 0.690. The number of ether oxygens (including phenoxy) is 2. The smallest absolute Gasteiger partial charge is 0.119 e. The summed E-state index contributed by atoms with van der Waals surface area (Å²) in [6, 6.07) is 8.27. The molecular weight excluding hydrogens is 244 g/mol. The van der Waals surface area contributed by atoms with Crippen LogP contribution in [0.15, 0.2) is 24.3 Å². The number of hydrogen-bond donors (Lipinski definition) is 1. The predicted octanol–water partition coefficient (Wildman–Crippen LogP) is 3.60. The van der Waals surface area contributed by atoms with Gasteiger partial charge in [-0.25, -0.2) is 0 Å².